The van der Waals surface area contributed by atoms with Gasteiger partial charge in [-0.2, -0.15) is 0 Å². The van der Waals surface area contributed by atoms with Crippen molar-refractivity contribution in [1.29, 1.82) is 0 Å². The summed E-state index contributed by atoms with van der Waals surface area (Å²) in [6, 6.07) is 3.54. The van der Waals surface area contributed by atoms with Crippen LogP contribution in [0.25, 0.3) is 0 Å². The summed E-state index contributed by atoms with van der Waals surface area (Å²) in [4.78, 5) is 5.35. The Morgan fingerprint density at radius 3 is 2.39 bits per heavy atom. The van der Waals surface area contributed by atoms with Gasteiger partial charge in [-0.3, -0.25) is 0 Å². The van der Waals surface area contributed by atoms with Crippen LogP contribution in [0.5, 0.6) is 0 Å². The molecule has 3 fully saturated rings. The Kier molecular flexibility index (Phi) is 11.4. The normalized spacial score (nSPS) is 27.6. The zero-order valence-electron chi connectivity index (χ0n) is 20.3. The van der Waals surface area contributed by atoms with Crippen LogP contribution >= 0.6 is 0 Å². The first-order valence-electron chi connectivity index (χ1n) is 13.4. The molecule has 4 rings (SSSR count). The fourth-order valence-corrected chi connectivity index (χ4v) is 10.3. The standard InChI is InChI=1S/C25H46N7Se/c1(2-7-22-17-26-8-4-11-30-22)3-14-33(25-20-28-10-6-13-32-25)23-15-21(16-29-18-23)24-19-27-9-5-12-31-24/h15-16,18,22,24-28,30-32H,1-14,17,19-20H2. The summed E-state index contributed by atoms with van der Waals surface area (Å²) in [5.74, 6) is 0. The van der Waals surface area contributed by atoms with Crippen molar-refractivity contribution in [2.45, 2.75) is 67.3 Å². The van der Waals surface area contributed by atoms with Crippen LogP contribution in [0.4, 0.5) is 0 Å². The van der Waals surface area contributed by atoms with Gasteiger partial charge >= 0.3 is 205 Å². The van der Waals surface area contributed by atoms with Crippen LogP contribution in [0, 0.1) is 0 Å². The van der Waals surface area contributed by atoms with Gasteiger partial charge in [0.05, 0.1) is 0 Å². The van der Waals surface area contributed by atoms with E-state index in [0.29, 0.717) is 17.0 Å². The predicted octanol–water partition coefficient (Wildman–Crippen LogP) is 0.410. The van der Waals surface area contributed by atoms with Crippen LogP contribution in [-0.4, -0.2) is 88.8 Å². The van der Waals surface area contributed by atoms with E-state index in [-0.39, 0.29) is 0 Å². The molecule has 1 radical (unpaired) electrons. The van der Waals surface area contributed by atoms with Gasteiger partial charge in [-0.05, 0) is 0 Å². The molecule has 0 saturated carbocycles. The molecular weight excluding hydrogens is 477 g/mol. The Morgan fingerprint density at radius 2 is 1.52 bits per heavy atom. The first kappa shape index (κ1) is 25.5. The van der Waals surface area contributed by atoms with Crippen molar-refractivity contribution in [2.24, 2.45) is 0 Å². The Labute approximate surface area is 205 Å². The van der Waals surface area contributed by atoms with E-state index in [9.17, 15) is 0 Å². The van der Waals surface area contributed by atoms with Gasteiger partial charge in [-0.25, -0.2) is 0 Å². The summed E-state index contributed by atoms with van der Waals surface area (Å²) < 4.78 is 1.54. The molecule has 3 aliphatic heterocycles. The summed E-state index contributed by atoms with van der Waals surface area (Å²) in [7, 11) is 0. The van der Waals surface area contributed by atoms with Crippen LogP contribution < -0.4 is 36.4 Å². The number of nitrogens with zero attached hydrogens (tertiary/aromatic N) is 1. The van der Waals surface area contributed by atoms with Crippen molar-refractivity contribution < 1.29 is 0 Å². The van der Waals surface area contributed by atoms with E-state index in [1.54, 1.807) is 0 Å². The first-order chi connectivity index (χ1) is 16.4. The number of aromatic nitrogens is 1. The van der Waals surface area contributed by atoms with Gasteiger partial charge in [0.2, 0.25) is 0 Å². The van der Waals surface area contributed by atoms with Gasteiger partial charge in [-0.15, -0.1) is 0 Å². The number of rotatable bonds is 9. The number of hydrogen-bond donors (Lipinski definition) is 6. The molecule has 6 N–H and O–H groups in total. The molecule has 1 aromatic heterocycles. The van der Waals surface area contributed by atoms with Gasteiger partial charge in [0.1, 0.15) is 0 Å². The second-order valence-corrected chi connectivity index (χ2v) is 14.5. The van der Waals surface area contributed by atoms with Crippen LogP contribution in [0.1, 0.15) is 56.6 Å². The summed E-state index contributed by atoms with van der Waals surface area (Å²) in [6.07, 6.45) is 13.3. The molecule has 7 nitrogen and oxygen atoms in total. The molecule has 187 valence electrons. The topological polar surface area (TPSA) is 85.1 Å². The summed E-state index contributed by atoms with van der Waals surface area (Å²) >= 11 is -1.02. The molecule has 33 heavy (non-hydrogen) atoms. The molecule has 1 aromatic rings. The van der Waals surface area contributed by atoms with Crippen molar-refractivity contribution in [3.8, 4) is 0 Å². The van der Waals surface area contributed by atoms with Crippen LogP contribution in [0.15, 0.2) is 18.5 Å². The molecule has 3 atom stereocenters. The van der Waals surface area contributed by atoms with Gasteiger partial charge < -0.3 is 0 Å². The Morgan fingerprint density at radius 1 is 0.758 bits per heavy atom. The van der Waals surface area contributed by atoms with Crippen molar-refractivity contribution in [3.05, 3.63) is 24.0 Å². The van der Waals surface area contributed by atoms with Crippen molar-refractivity contribution in [1.82, 2.24) is 36.9 Å². The van der Waals surface area contributed by atoms with E-state index in [1.165, 1.54) is 66.8 Å². The molecule has 0 amide bonds. The van der Waals surface area contributed by atoms with E-state index in [0.717, 1.165) is 52.4 Å². The van der Waals surface area contributed by atoms with Crippen molar-refractivity contribution in [2.75, 3.05) is 58.9 Å². The molecule has 3 unspecified atom stereocenters. The number of nitrogens with one attached hydrogen (secondary N) is 6. The molecule has 0 spiro atoms. The predicted molar refractivity (Wildman–Crippen MR) is 140 cm³/mol. The number of hydrogen-bond acceptors (Lipinski definition) is 7. The first-order valence-corrected chi connectivity index (χ1v) is 16.4. The molecule has 0 aliphatic carbocycles. The van der Waals surface area contributed by atoms with Crippen LogP contribution in [0.2, 0.25) is 5.32 Å². The molecular formula is C25H46N7Se. The Balaban J connectivity index is 1.35. The number of pyridine rings is 1. The van der Waals surface area contributed by atoms with E-state index in [4.69, 9.17) is 4.98 Å². The second-order valence-electron chi connectivity index (χ2n) is 9.71. The van der Waals surface area contributed by atoms with Crippen molar-refractivity contribution >= 4 is 18.4 Å². The molecule has 4 heterocycles. The minimum absolute atomic E-state index is 0.383. The average Bonchev–Trinajstić information content (AvgIpc) is 3.38. The van der Waals surface area contributed by atoms with Gasteiger partial charge in [0.25, 0.3) is 0 Å². The second kappa shape index (κ2) is 14.7. The SMILES string of the molecule is c1ncc([Se](CCCCCC2CNCCCN2)C2CNCCCN2)cc1C1CNCCCN1. The Hall–Kier alpha value is -0.571. The third-order valence-electron chi connectivity index (χ3n) is 7.06. The third-order valence-corrected chi connectivity index (χ3v) is 12.5. The zero-order chi connectivity index (χ0) is 22.6. The molecule has 0 bridgehead atoms. The zero-order valence-corrected chi connectivity index (χ0v) is 22.1. The molecule has 0 aromatic carbocycles. The van der Waals surface area contributed by atoms with Crippen molar-refractivity contribution in [3.63, 3.8) is 0 Å². The molecule has 3 saturated heterocycles. The number of unbranched alkanes of at least 4 members (excludes halogenated alkanes) is 2. The van der Waals surface area contributed by atoms with Crippen LogP contribution in [0.3, 0.4) is 0 Å². The van der Waals surface area contributed by atoms with E-state index in [1.807, 2.05) is 0 Å². The average molecular weight is 524 g/mol. The Bertz CT molecular complexity index is 652. The van der Waals surface area contributed by atoms with E-state index in [2.05, 4.69) is 50.4 Å². The quantitative estimate of drug-likeness (QED) is 0.207. The third kappa shape index (κ3) is 8.55. The van der Waals surface area contributed by atoms with E-state index < -0.39 is 13.9 Å². The summed E-state index contributed by atoms with van der Waals surface area (Å²) in [5.41, 5.74) is 1.36. The van der Waals surface area contributed by atoms with E-state index >= 15 is 0 Å². The monoisotopic (exact) mass is 524 g/mol. The summed E-state index contributed by atoms with van der Waals surface area (Å²) in [5, 5.41) is 23.6. The van der Waals surface area contributed by atoms with Gasteiger partial charge in [0, 0.05) is 0 Å². The fraction of sp³-hybridized carbons (Fsp3) is 0.800. The minimum atomic E-state index is -1.02. The maximum absolute atomic E-state index is 4.74. The maximum atomic E-state index is 4.74. The van der Waals surface area contributed by atoms with Gasteiger partial charge in [0.15, 0.2) is 0 Å². The molecule has 8 heteroatoms. The van der Waals surface area contributed by atoms with Gasteiger partial charge in [-0.1, -0.05) is 0 Å². The molecule has 3 aliphatic rings. The fourth-order valence-electron chi connectivity index (χ4n) is 5.12. The van der Waals surface area contributed by atoms with Crippen LogP contribution in [-0.2, 0) is 0 Å². The summed E-state index contributed by atoms with van der Waals surface area (Å²) in [6.45, 7) is 10.0.